The fourth-order valence-electron chi connectivity index (χ4n) is 1.59. The predicted molar refractivity (Wildman–Crippen MR) is 59.8 cm³/mol. The van der Waals surface area contributed by atoms with E-state index in [1.807, 2.05) is 0 Å². The summed E-state index contributed by atoms with van der Waals surface area (Å²) in [6.45, 7) is 0.688. The third kappa shape index (κ3) is 3.24. The van der Waals surface area contributed by atoms with Crippen LogP contribution in [0.4, 0.5) is 0 Å². The molecule has 4 N–H and O–H groups in total. The lowest BCUT2D eigenvalue weighted by Gasteiger charge is -2.11. The highest BCUT2D eigenvalue weighted by molar-refractivity contribution is 5.80. The van der Waals surface area contributed by atoms with Crippen molar-refractivity contribution in [3.8, 4) is 0 Å². The number of nitrogens with two attached hydrogens (primary N) is 1. The number of aryl methyl sites for hydroxylation is 1. The van der Waals surface area contributed by atoms with E-state index in [2.05, 4.69) is 15.6 Å². The molecule has 1 saturated carbocycles. The molecule has 0 bridgehead atoms. The van der Waals surface area contributed by atoms with Crippen LogP contribution in [-0.4, -0.2) is 38.7 Å². The van der Waals surface area contributed by atoms with Crippen LogP contribution in [0.3, 0.4) is 0 Å². The zero-order valence-corrected chi connectivity index (χ0v) is 9.54. The number of nitrogens with zero attached hydrogens (tertiary/aromatic N) is 3. The van der Waals surface area contributed by atoms with Gasteiger partial charge in [-0.2, -0.15) is 0 Å². The predicted octanol–water partition coefficient (Wildman–Crippen LogP) is -1.06. The molecule has 1 unspecified atom stereocenters. The summed E-state index contributed by atoms with van der Waals surface area (Å²) in [6.07, 6.45) is 4.45. The van der Waals surface area contributed by atoms with E-state index in [0.717, 1.165) is 12.8 Å². The molecule has 0 saturated heterocycles. The highest BCUT2D eigenvalue weighted by Crippen LogP contribution is 2.23. The molecule has 2 rings (SSSR count). The van der Waals surface area contributed by atoms with Crippen LogP contribution in [0.25, 0.3) is 0 Å². The summed E-state index contributed by atoms with van der Waals surface area (Å²) in [5.41, 5.74) is 5.88. The first-order valence-corrected chi connectivity index (χ1v) is 5.77. The summed E-state index contributed by atoms with van der Waals surface area (Å²) < 4.78 is 1.61. The Hall–Kier alpha value is -1.47. The lowest BCUT2D eigenvalue weighted by molar-refractivity contribution is -0.120. The Labute approximate surface area is 99.0 Å². The summed E-state index contributed by atoms with van der Waals surface area (Å²) in [7, 11) is 0. The number of nitrogens with one attached hydrogen (secondary N) is 1. The minimum Gasteiger partial charge on any atom is -0.396 e. The van der Waals surface area contributed by atoms with Crippen molar-refractivity contribution >= 4 is 5.91 Å². The molecular weight excluding hydrogens is 222 g/mol. The van der Waals surface area contributed by atoms with Crippen molar-refractivity contribution in [3.63, 3.8) is 0 Å². The molecule has 1 aromatic heterocycles. The molecule has 17 heavy (non-hydrogen) atoms. The van der Waals surface area contributed by atoms with Crippen molar-refractivity contribution in [1.29, 1.82) is 0 Å². The maximum atomic E-state index is 11.3. The minimum absolute atomic E-state index is 0.106. The van der Waals surface area contributed by atoms with Gasteiger partial charge in [0.2, 0.25) is 5.91 Å². The molecule has 0 spiro atoms. The maximum Gasteiger partial charge on any atom is 0.240 e. The summed E-state index contributed by atoms with van der Waals surface area (Å²) in [4.78, 5) is 11.3. The molecule has 7 nitrogen and oxygen atoms in total. The van der Waals surface area contributed by atoms with Crippen LogP contribution >= 0.6 is 0 Å². The Morgan fingerprint density at radius 1 is 1.71 bits per heavy atom. The van der Waals surface area contributed by atoms with Gasteiger partial charge in [0, 0.05) is 19.2 Å². The third-order valence-electron chi connectivity index (χ3n) is 2.66. The van der Waals surface area contributed by atoms with Crippen molar-refractivity contribution in [2.45, 2.75) is 37.9 Å². The number of aliphatic hydroxyl groups is 1. The van der Waals surface area contributed by atoms with E-state index in [4.69, 9.17) is 10.8 Å². The second kappa shape index (κ2) is 5.24. The highest BCUT2D eigenvalue weighted by Gasteiger charge is 2.29. The Kier molecular flexibility index (Phi) is 3.70. The van der Waals surface area contributed by atoms with Crippen LogP contribution in [0.5, 0.6) is 0 Å². The van der Waals surface area contributed by atoms with Gasteiger partial charge in [-0.25, -0.2) is 0 Å². The zero-order chi connectivity index (χ0) is 12.3. The molecule has 1 atom stereocenters. The van der Waals surface area contributed by atoms with Gasteiger partial charge < -0.3 is 10.8 Å². The van der Waals surface area contributed by atoms with Crippen molar-refractivity contribution in [3.05, 3.63) is 11.9 Å². The van der Waals surface area contributed by atoms with Crippen molar-refractivity contribution < 1.29 is 9.90 Å². The van der Waals surface area contributed by atoms with Gasteiger partial charge in [0.05, 0.1) is 6.20 Å². The quantitative estimate of drug-likeness (QED) is 0.562. The molecule has 0 aromatic carbocycles. The first kappa shape index (κ1) is 12.0. The van der Waals surface area contributed by atoms with Crippen molar-refractivity contribution in [2.24, 2.45) is 5.73 Å². The molecule has 1 aromatic rings. The summed E-state index contributed by atoms with van der Waals surface area (Å²) in [5, 5.41) is 19.7. The van der Waals surface area contributed by atoms with Crippen LogP contribution in [0.1, 0.15) is 31.0 Å². The summed E-state index contributed by atoms with van der Waals surface area (Å²) in [5.74, 6) is -0.439. The normalized spacial score (nSPS) is 17.0. The Morgan fingerprint density at radius 2 is 2.47 bits per heavy atom. The molecule has 0 radical (unpaired) electrons. The average molecular weight is 239 g/mol. The topological polar surface area (TPSA) is 106 Å². The summed E-state index contributed by atoms with van der Waals surface area (Å²) >= 11 is 0. The van der Waals surface area contributed by atoms with E-state index in [1.54, 1.807) is 10.9 Å². The van der Waals surface area contributed by atoms with E-state index < -0.39 is 11.9 Å². The van der Waals surface area contributed by atoms with Gasteiger partial charge >= 0.3 is 0 Å². The first-order chi connectivity index (χ1) is 8.20. The fourth-order valence-corrected chi connectivity index (χ4v) is 1.59. The number of amides is 1. The number of hydrogen-bond donors (Lipinski definition) is 3. The lowest BCUT2D eigenvalue weighted by atomic mass is 10.2. The number of primary amides is 1. The molecule has 7 heteroatoms. The van der Waals surface area contributed by atoms with Crippen molar-refractivity contribution in [1.82, 2.24) is 20.3 Å². The number of carbonyl (C=O) groups excluding carboxylic acids is 1. The molecule has 1 heterocycles. The SMILES string of the molecule is NC(=O)C(NC1CC1)c1cn(CCCO)nn1. The van der Waals surface area contributed by atoms with Crippen molar-refractivity contribution in [2.75, 3.05) is 6.61 Å². The minimum atomic E-state index is -0.564. The third-order valence-corrected chi connectivity index (χ3v) is 2.66. The fraction of sp³-hybridized carbons (Fsp3) is 0.700. The Morgan fingerprint density at radius 3 is 3.06 bits per heavy atom. The lowest BCUT2D eigenvalue weighted by Crippen LogP contribution is -2.35. The van der Waals surface area contributed by atoms with E-state index in [9.17, 15) is 4.79 Å². The smallest absolute Gasteiger partial charge is 0.240 e. The standard InChI is InChI=1S/C10H17N5O2/c11-10(17)9(12-7-2-3-7)8-6-15(14-13-8)4-1-5-16/h6-7,9,12,16H,1-5H2,(H2,11,17). The van der Waals surface area contributed by atoms with Gasteiger partial charge in [0.1, 0.15) is 11.7 Å². The first-order valence-electron chi connectivity index (χ1n) is 5.77. The number of rotatable bonds is 7. The Bertz CT molecular complexity index is 388. The number of hydrogen-bond acceptors (Lipinski definition) is 5. The van der Waals surface area contributed by atoms with Gasteiger partial charge in [-0.15, -0.1) is 5.10 Å². The molecule has 1 aliphatic carbocycles. The number of aliphatic hydroxyl groups excluding tert-OH is 1. The monoisotopic (exact) mass is 239 g/mol. The number of carbonyl (C=O) groups is 1. The summed E-state index contributed by atoms with van der Waals surface area (Å²) in [6, 6.07) is -0.194. The highest BCUT2D eigenvalue weighted by atomic mass is 16.3. The average Bonchev–Trinajstić information content (AvgIpc) is 3.01. The van der Waals surface area contributed by atoms with Gasteiger partial charge in [-0.1, -0.05) is 5.21 Å². The molecule has 1 fully saturated rings. The molecule has 94 valence electrons. The van der Waals surface area contributed by atoms with E-state index in [1.165, 1.54) is 0 Å². The molecule has 0 aliphatic heterocycles. The largest absolute Gasteiger partial charge is 0.396 e. The van der Waals surface area contributed by atoms with E-state index in [0.29, 0.717) is 24.7 Å². The molecule has 1 amide bonds. The number of aromatic nitrogens is 3. The van der Waals surface area contributed by atoms with Gasteiger partial charge in [0.15, 0.2) is 0 Å². The van der Waals surface area contributed by atoms with Gasteiger partial charge in [0.25, 0.3) is 0 Å². The van der Waals surface area contributed by atoms with E-state index >= 15 is 0 Å². The van der Waals surface area contributed by atoms with Crippen LogP contribution in [0.15, 0.2) is 6.20 Å². The van der Waals surface area contributed by atoms with Gasteiger partial charge in [-0.05, 0) is 19.3 Å². The zero-order valence-electron chi connectivity index (χ0n) is 9.54. The molecule has 1 aliphatic rings. The van der Waals surface area contributed by atoms with Crippen LogP contribution in [0.2, 0.25) is 0 Å². The van der Waals surface area contributed by atoms with Crippen LogP contribution in [-0.2, 0) is 11.3 Å². The van der Waals surface area contributed by atoms with Crippen LogP contribution < -0.4 is 11.1 Å². The maximum absolute atomic E-state index is 11.3. The molecular formula is C10H17N5O2. The second-order valence-electron chi connectivity index (χ2n) is 4.26. The van der Waals surface area contributed by atoms with Crippen LogP contribution in [0, 0.1) is 0 Å². The second-order valence-corrected chi connectivity index (χ2v) is 4.26. The van der Waals surface area contributed by atoms with Gasteiger partial charge in [-0.3, -0.25) is 14.8 Å². The van der Waals surface area contributed by atoms with E-state index in [-0.39, 0.29) is 6.61 Å². The Balaban J connectivity index is 2.01.